The van der Waals surface area contributed by atoms with Crippen LogP contribution in [0.5, 0.6) is 0 Å². The third-order valence-corrected chi connectivity index (χ3v) is 5.35. The lowest BCUT2D eigenvalue weighted by molar-refractivity contribution is 0.0526. The van der Waals surface area contributed by atoms with Crippen LogP contribution in [0.4, 0.5) is 0 Å². The Morgan fingerprint density at radius 3 is 2.68 bits per heavy atom. The molecule has 3 aromatic rings. The van der Waals surface area contributed by atoms with Crippen LogP contribution in [0.15, 0.2) is 52.9 Å². The van der Waals surface area contributed by atoms with Gasteiger partial charge in [0.25, 0.3) is 0 Å². The molecular weight excluding hydrogens is 314 g/mol. The van der Waals surface area contributed by atoms with E-state index in [9.17, 15) is 4.79 Å². The fourth-order valence-electron chi connectivity index (χ4n) is 2.01. The summed E-state index contributed by atoms with van der Waals surface area (Å²) in [5.74, 6) is 0.566. The van der Waals surface area contributed by atoms with Gasteiger partial charge in [-0.15, -0.1) is 11.3 Å². The maximum absolute atomic E-state index is 11.6. The predicted molar refractivity (Wildman–Crippen MR) is 91.6 cm³/mol. The number of thioether (sulfide) groups is 1. The highest BCUT2D eigenvalue weighted by atomic mass is 32.2. The van der Waals surface area contributed by atoms with E-state index in [0.29, 0.717) is 12.2 Å². The van der Waals surface area contributed by atoms with Gasteiger partial charge in [-0.1, -0.05) is 36.0 Å². The van der Waals surface area contributed by atoms with Crippen molar-refractivity contribution < 1.29 is 9.53 Å². The summed E-state index contributed by atoms with van der Waals surface area (Å²) in [5.41, 5.74) is 2.81. The molecule has 3 nitrogen and oxygen atoms in total. The molecule has 0 aliphatic carbocycles. The molecule has 0 N–H and O–H groups in total. The monoisotopic (exact) mass is 329 g/mol. The van der Waals surface area contributed by atoms with Gasteiger partial charge in [-0.2, -0.15) is 0 Å². The Morgan fingerprint density at radius 1 is 1.18 bits per heavy atom. The van der Waals surface area contributed by atoms with Crippen molar-refractivity contribution in [3.05, 3.63) is 59.7 Å². The second-order valence-electron chi connectivity index (χ2n) is 4.65. The van der Waals surface area contributed by atoms with Crippen LogP contribution in [0.1, 0.15) is 22.8 Å². The first-order valence-electron chi connectivity index (χ1n) is 7.00. The van der Waals surface area contributed by atoms with Crippen LogP contribution in [0.25, 0.3) is 10.2 Å². The third-order valence-electron chi connectivity index (χ3n) is 3.10. The summed E-state index contributed by atoms with van der Waals surface area (Å²) >= 11 is 3.42. The van der Waals surface area contributed by atoms with Gasteiger partial charge in [-0.05, 0) is 36.8 Å². The van der Waals surface area contributed by atoms with Crippen LogP contribution >= 0.6 is 23.1 Å². The van der Waals surface area contributed by atoms with E-state index in [2.05, 4.69) is 11.1 Å². The van der Waals surface area contributed by atoms with Crippen molar-refractivity contribution >= 4 is 39.3 Å². The van der Waals surface area contributed by atoms with Gasteiger partial charge in [-0.25, -0.2) is 9.78 Å². The molecule has 2 aromatic carbocycles. The van der Waals surface area contributed by atoms with E-state index >= 15 is 0 Å². The Bertz CT molecular complexity index is 748. The van der Waals surface area contributed by atoms with Crippen molar-refractivity contribution in [1.82, 2.24) is 4.98 Å². The summed E-state index contributed by atoms with van der Waals surface area (Å²) in [5, 5.41) is 0. The Morgan fingerprint density at radius 2 is 1.95 bits per heavy atom. The molecule has 0 radical (unpaired) electrons. The fourth-order valence-corrected chi connectivity index (χ4v) is 4.03. The van der Waals surface area contributed by atoms with Gasteiger partial charge in [0.2, 0.25) is 0 Å². The molecule has 0 saturated carbocycles. The van der Waals surface area contributed by atoms with Crippen molar-refractivity contribution in [1.29, 1.82) is 0 Å². The predicted octanol–water partition coefficient (Wildman–Crippen LogP) is 4.77. The quantitative estimate of drug-likeness (QED) is 0.499. The number of thiazole rings is 1. The zero-order valence-corrected chi connectivity index (χ0v) is 13.7. The zero-order valence-electron chi connectivity index (χ0n) is 12.1. The van der Waals surface area contributed by atoms with E-state index < -0.39 is 0 Å². The lowest BCUT2D eigenvalue weighted by Crippen LogP contribution is -2.04. The number of rotatable bonds is 5. The van der Waals surface area contributed by atoms with Gasteiger partial charge in [-0.3, -0.25) is 0 Å². The van der Waals surface area contributed by atoms with E-state index in [4.69, 9.17) is 4.74 Å². The maximum Gasteiger partial charge on any atom is 0.338 e. The van der Waals surface area contributed by atoms with Crippen molar-refractivity contribution in [2.75, 3.05) is 6.61 Å². The van der Waals surface area contributed by atoms with Crippen LogP contribution in [0.2, 0.25) is 0 Å². The SMILES string of the molecule is CCOC(=O)c1ccc(CSc2nc3ccccc3s2)cc1. The van der Waals surface area contributed by atoms with E-state index in [1.54, 1.807) is 30.0 Å². The molecule has 0 bridgehead atoms. The summed E-state index contributed by atoms with van der Waals surface area (Å²) < 4.78 is 7.25. The van der Waals surface area contributed by atoms with Gasteiger partial charge >= 0.3 is 5.97 Å². The van der Waals surface area contributed by atoms with Gasteiger partial charge < -0.3 is 4.74 Å². The molecule has 1 aromatic heterocycles. The molecule has 0 saturated heterocycles. The average molecular weight is 329 g/mol. The van der Waals surface area contributed by atoms with Gasteiger partial charge in [0.1, 0.15) is 0 Å². The molecule has 3 rings (SSSR count). The smallest absolute Gasteiger partial charge is 0.338 e. The highest BCUT2D eigenvalue weighted by molar-refractivity contribution is 8.00. The second-order valence-corrected chi connectivity index (χ2v) is 6.91. The summed E-state index contributed by atoms with van der Waals surface area (Å²) in [6.45, 7) is 2.20. The number of nitrogens with zero attached hydrogens (tertiary/aromatic N) is 1. The average Bonchev–Trinajstić information content (AvgIpc) is 2.96. The minimum absolute atomic E-state index is 0.270. The Balaban J connectivity index is 1.64. The molecule has 0 fully saturated rings. The van der Waals surface area contributed by atoms with Crippen molar-refractivity contribution in [3.8, 4) is 0 Å². The number of hydrogen-bond donors (Lipinski definition) is 0. The number of carbonyl (C=O) groups excluding carboxylic acids is 1. The molecule has 0 amide bonds. The molecule has 22 heavy (non-hydrogen) atoms. The van der Waals surface area contributed by atoms with Gasteiger partial charge in [0.15, 0.2) is 4.34 Å². The molecule has 0 atom stereocenters. The topological polar surface area (TPSA) is 39.2 Å². The van der Waals surface area contributed by atoms with Crippen molar-refractivity contribution in [2.45, 2.75) is 17.0 Å². The number of aromatic nitrogens is 1. The Hall–Kier alpha value is -1.85. The van der Waals surface area contributed by atoms with E-state index in [1.165, 1.54) is 4.70 Å². The molecule has 0 aliphatic rings. The Kier molecular flexibility index (Phi) is 4.75. The number of benzene rings is 2. The maximum atomic E-state index is 11.6. The molecule has 0 spiro atoms. The largest absolute Gasteiger partial charge is 0.462 e. The molecule has 0 aliphatic heterocycles. The van der Waals surface area contributed by atoms with Crippen LogP contribution in [0, 0.1) is 0 Å². The Labute approximate surface area is 137 Å². The summed E-state index contributed by atoms with van der Waals surface area (Å²) in [4.78, 5) is 16.2. The van der Waals surface area contributed by atoms with Crippen LogP contribution in [-0.4, -0.2) is 17.6 Å². The minimum atomic E-state index is -0.270. The number of esters is 1. The van der Waals surface area contributed by atoms with Crippen molar-refractivity contribution in [3.63, 3.8) is 0 Å². The van der Waals surface area contributed by atoms with Gasteiger partial charge in [0, 0.05) is 5.75 Å². The van der Waals surface area contributed by atoms with Crippen LogP contribution in [0.3, 0.4) is 0 Å². The zero-order chi connectivity index (χ0) is 15.4. The summed E-state index contributed by atoms with van der Waals surface area (Å²) in [7, 11) is 0. The van der Waals surface area contributed by atoms with Crippen molar-refractivity contribution in [2.24, 2.45) is 0 Å². The van der Waals surface area contributed by atoms with E-state index in [-0.39, 0.29) is 5.97 Å². The summed E-state index contributed by atoms with van der Waals surface area (Å²) in [6.07, 6.45) is 0. The number of hydrogen-bond acceptors (Lipinski definition) is 5. The first-order valence-corrected chi connectivity index (χ1v) is 8.81. The molecule has 1 heterocycles. The minimum Gasteiger partial charge on any atom is -0.462 e. The normalized spacial score (nSPS) is 10.8. The van der Waals surface area contributed by atoms with E-state index in [1.807, 2.05) is 42.5 Å². The number of fused-ring (bicyclic) bond motifs is 1. The lowest BCUT2D eigenvalue weighted by Gasteiger charge is -2.03. The highest BCUT2D eigenvalue weighted by Crippen LogP contribution is 2.31. The highest BCUT2D eigenvalue weighted by Gasteiger charge is 2.07. The molecule has 0 unspecified atom stereocenters. The first kappa shape index (κ1) is 15.1. The molecule has 5 heteroatoms. The lowest BCUT2D eigenvalue weighted by atomic mass is 10.1. The first-order chi connectivity index (χ1) is 10.8. The van der Waals surface area contributed by atoms with Crippen LogP contribution < -0.4 is 0 Å². The number of carbonyl (C=O) groups is 1. The molecular formula is C17H15NO2S2. The second kappa shape index (κ2) is 6.94. The third kappa shape index (κ3) is 3.48. The van der Waals surface area contributed by atoms with Crippen LogP contribution in [-0.2, 0) is 10.5 Å². The summed E-state index contributed by atoms with van der Waals surface area (Å²) in [6, 6.07) is 15.7. The number of ether oxygens (including phenoxy) is 1. The van der Waals surface area contributed by atoms with E-state index in [0.717, 1.165) is 21.2 Å². The standard InChI is InChI=1S/C17H15NO2S2/c1-2-20-16(19)13-9-7-12(8-10-13)11-21-17-18-14-5-3-4-6-15(14)22-17/h3-10H,2,11H2,1H3. The number of para-hydroxylation sites is 1. The van der Waals surface area contributed by atoms with Gasteiger partial charge in [0.05, 0.1) is 22.4 Å². The fraction of sp³-hybridized carbons (Fsp3) is 0.176. The molecule has 112 valence electrons.